The summed E-state index contributed by atoms with van der Waals surface area (Å²) < 4.78 is 21.6. The lowest BCUT2D eigenvalue weighted by atomic mass is 9.84. The molecule has 7 nitrogen and oxygen atoms in total. The zero-order chi connectivity index (χ0) is 18.7. The smallest absolute Gasteiger partial charge is 0.336 e. The zero-order valence-electron chi connectivity index (χ0n) is 14.7. The summed E-state index contributed by atoms with van der Waals surface area (Å²) in [5.41, 5.74) is 1.52. The second kappa shape index (κ2) is 7.77. The standard InChI is InChI=1S/C17H20BrNO6/c1-8-13(17(21)25-5)9(7-12(20)19-8)10-6-11(22-2)15(23-3)16(24-4)14(10)18/h6,9H,7H2,1-5H3,(H,19,20). The molecule has 2 rings (SSSR count). The Labute approximate surface area is 154 Å². The van der Waals surface area contributed by atoms with Crippen LogP contribution in [0.4, 0.5) is 0 Å². The SMILES string of the molecule is COC(=O)C1=C(C)NC(=O)CC1c1cc(OC)c(OC)c(OC)c1Br. The Balaban J connectivity index is 2.72. The predicted octanol–water partition coefficient (Wildman–Crippen LogP) is 2.53. The molecule has 0 fully saturated rings. The summed E-state index contributed by atoms with van der Waals surface area (Å²) in [4.78, 5) is 24.3. The maximum atomic E-state index is 12.3. The van der Waals surface area contributed by atoms with Gasteiger partial charge >= 0.3 is 5.97 Å². The largest absolute Gasteiger partial charge is 0.493 e. The highest BCUT2D eigenvalue weighted by atomic mass is 79.9. The Bertz CT molecular complexity index is 743. The first kappa shape index (κ1) is 19.1. The maximum Gasteiger partial charge on any atom is 0.336 e. The molecule has 1 aromatic rings. The molecule has 25 heavy (non-hydrogen) atoms. The third-order valence-electron chi connectivity index (χ3n) is 4.05. The van der Waals surface area contributed by atoms with Gasteiger partial charge in [0.15, 0.2) is 11.5 Å². The molecule has 1 unspecified atom stereocenters. The summed E-state index contributed by atoms with van der Waals surface area (Å²) in [6, 6.07) is 1.73. The molecule has 1 N–H and O–H groups in total. The number of esters is 1. The Morgan fingerprint density at radius 2 is 1.80 bits per heavy atom. The van der Waals surface area contributed by atoms with Gasteiger partial charge in [0.25, 0.3) is 0 Å². The van der Waals surface area contributed by atoms with Crippen LogP contribution in [0.25, 0.3) is 0 Å². The number of ether oxygens (including phenoxy) is 4. The van der Waals surface area contributed by atoms with Crippen molar-refractivity contribution in [2.45, 2.75) is 19.3 Å². The Morgan fingerprint density at radius 1 is 1.16 bits per heavy atom. The summed E-state index contributed by atoms with van der Waals surface area (Å²) in [5, 5.41) is 2.68. The predicted molar refractivity (Wildman–Crippen MR) is 94.0 cm³/mol. The quantitative estimate of drug-likeness (QED) is 0.746. The lowest BCUT2D eigenvalue weighted by Crippen LogP contribution is -2.34. The average molecular weight is 414 g/mol. The summed E-state index contributed by atoms with van der Waals surface area (Å²) in [6.45, 7) is 1.67. The van der Waals surface area contributed by atoms with Gasteiger partial charge in [0.05, 0.1) is 38.5 Å². The van der Waals surface area contributed by atoms with Gasteiger partial charge in [0.2, 0.25) is 11.7 Å². The molecule has 1 aromatic carbocycles. The number of halogens is 1. The molecule has 1 atom stereocenters. The van der Waals surface area contributed by atoms with Crippen LogP contribution in [-0.4, -0.2) is 40.3 Å². The van der Waals surface area contributed by atoms with Crippen molar-refractivity contribution in [3.63, 3.8) is 0 Å². The van der Waals surface area contributed by atoms with Crippen molar-refractivity contribution in [1.29, 1.82) is 0 Å². The van der Waals surface area contributed by atoms with Gasteiger partial charge in [-0.05, 0) is 34.5 Å². The topological polar surface area (TPSA) is 83.1 Å². The van der Waals surface area contributed by atoms with E-state index in [1.807, 2.05) is 0 Å². The van der Waals surface area contributed by atoms with Gasteiger partial charge in [-0.15, -0.1) is 0 Å². The van der Waals surface area contributed by atoms with Gasteiger partial charge < -0.3 is 24.3 Å². The summed E-state index contributed by atoms with van der Waals surface area (Å²) >= 11 is 3.50. The Hall–Kier alpha value is -2.22. The van der Waals surface area contributed by atoms with Crippen LogP contribution >= 0.6 is 15.9 Å². The average Bonchev–Trinajstić information content (AvgIpc) is 2.59. The van der Waals surface area contributed by atoms with Gasteiger partial charge in [-0.3, -0.25) is 4.79 Å². The first-order valence-electron chi connectivity index (χ1n) is 7.46. The van der Waals surface area contributed by atoms with Crippen LogP contribution in [0.1, 0.15) is 24.8 Å². The molecule has 0 saturated heterocycles. The van der Waals surface area contributed by atoms with Crippen molar-refractivity contribution in [3.05, 3.63) is 27.4 Å². The van der Waals surface area contributed by atoms with Gasteiger partial charge in [-0.1, -0.05) is 0 Å². The van der Waals surface area contributed by atoms with Crippen LogP contribution in [0, 0.1) is 0 Å². The monoisotopic (exact) mass is 413 g/mol. The molecule has 0 saturated carbocycles. The van der Waals surface area contributed by atoms with E-state index >= 15 is 0 Å². The number of hydrogen-bond acceptors (Lipinski definition) is 6. The normalized spacial score (nSPS) is 17.0. The maximum absolute atomic E-state index is 12.3. The lowest BCUT2D eigenvalue weighted by molar-refractivity contribution is -0.136. The summed E-state index contributed by atoms with van der Waals surface area (Å²) in [6.07, 6.45) is 0.0962. The van der Waals surface area contributed by atoms with Gasteiger partial charge in [0.1, 0.15) is 0 Å². The number of amides is 1. The van der Waals surface area contributed by atoms with Crippen molar-refractivity contribution in [3.8, 4) is 17.2 Å². The van der Waals surface area contributed by atoms with Crippen LogP contribution < -0.4 is 19.5 Å². The second-order valence-corrected chi connectivity index (χ2v) is 6.18. The number of carbonyl (C=O) groups excluding carboxylic acids is 2. The fourth-order valence-electron chi connectivity index (χ4n) is 2.94. The number of allylic oxidation sites excluding steroid dienone is 1. The highest BCUT2D eigenvalue weighted by molar-refractivity contribution is 9.10. The molecule has 0 spiro atoms. The van der Waals surface area contributed by atoms with Gasteiger partial charge in [-0.25, -0.2) is 4.79 Å². The molecule has 1 heterocycles. The van der Waals surface area contributed by atoms with Crippen molar-refractivity contribution < 1.29 is 28.5 Å². The Morgan fingerprint density at radius 3 is 2.32 bits per heavy atom. The van der Waals surface area contributed by atoms with Crippen LogP contribution in [0.3, 0.4) is 0 Å². The third kappa shape index (κ3) is 3.44. The van der Waals surface area contributed by atoms with Crippen LogP contribution in [0.2, 0.25) is 0 Å². The first-order chi connectivity index (χ1) is 11.9. The van der Waals surface area contributed by atoms with Gasteiger partial charge in [-0.2, -0.15) is 0 Å². The van der Waals surface area contributed by atoms with E-state index < -0.39 is 11.9 Å². The van der Waals surface area contributed by atoms with Crippen LogP contribution in [0.15, 0.2) is 21.8 Å². The third-order valence-corrected chi connectivity index (χ3v) is 4.87. The molecule has 0 radical (unpaired) electrons. The number of carbonyl (C=O) groups is 2. The summed E-state index contributed by atoms with van der Waals surface area (Å²) in [5.74, 6) is 0.0829. The van der Waals surface area contributed by atoms with E-state index in [-0.39, 0.29) is 12.3 Å². The lowest BCUT2D eigenvalue weighted by Gasteiger charge is -2.28. The van der Waals surface area contributed by atoms with E-state index in [4.69, 9.17) is 18.9 Å². The van der Waals surface area contributed by atoms with Crippen molar-refractivity contribution in [1.82, 2.24) is 5.32 Å². The molecule has 0 aliphatic carbocycles. The molecular weight excluding hydrogens is 394 g/mol. The number of methoxy groups -OCH3 is 4. The van der Waals surface area contributed by atoms with E-state index in [1.165, 1.54) is 28.4 Å². The van der Waals surface area contributed by atoms with Crippen LogP contribution in [-0.2, 0) is 14.3 Å². The highest BCUT2D eigenvalue weighted by Crippen LogP contribution is 2.49. The highest BCUT2D eigenvalue weighted by Gasteiger charge is 2.35. The molecule has 0 aromatic heterocycles. The molecule has 1 amide bonds. The molecule has 1 aliphatic heterocycles. The van der Waals surface area contributed by atoms with E-state index in [0.717, 1.165) is 0 Å². The number of nitrogens with one attached hydrogen (secondary N) is 1. The number of hydrogen-bond donors (Lipinski definition) is 1. The fourth-order valence-corrected chi connectivity index (χ4v) is 3.67. The number of rotatable bonds is 5. The fraction of sp³-hybridized carbons (Fsp3) is 0.412. The molecule has 8 heteroatoms. The minimum atomic E-state index is -0.510. The first-order valence-corrected chi connectivity index (χ1v) is 8.26. The molecule has 1 aliphatic rings. The van der Waals surface area contributed by atoms with Crippen molar-refractivity contribution in [2.75, 3.05) is 28.4 Å². The molecular formula is C17H20BrNO6. The van der Waals surface area contributed by atoms with E-state index in [1.54, 1.807) is 13.0 Å². The van der Waals surface area contributed by atoms with Gasteiger partial charge in [0, 0.05) is 18.0 Å². The molecule has 0 bridgehead atoms. The number of benzene rings is 1. The molecule has 136 valence electrons. The van der Waals surface area contributed by atoms with E-state index in [2.05, 4.69) is 21.2 Å². The van der Waals surface area contributed by atoms with E-state index in [0.29, 0.717) is 38.6 Å². The van der Waals surface area contributed by atoms with Crippen LogP contribution in [0.5, 0.6) is 17.2 Å². The second-order valence-electron chi connectivity index (χ2n) is 5.38. The minimum absolute atomic E-state index is 0.0962. The Kier molecular flexibility index (Phi) is 5.94. The van der Waals surface area contributed by atoms with E-state index in [9.17, 15) is 9.59 Å². The zero-order valence-corrected chi connectivity index (χ0v) is 16.3. The minimum Gasteiger partial charge on any atom is -0.493 e. The summed E-state index contributed by atoms with van der Waals surface area (Å²) in [7, 11) is 5.82. The van der Waals surface area contributed by atoms with Crippen molar-refractivity contribution in [2.24, 2.45) is 0 Å². The van der Waals surface area contributed by atoms with Crippen molar-refractivity contribution >= 4 is 27.8 Å².